The van der Waals surface area contributed by atoms with Crippen molar-refractivity contribution in [3.05, 3.63) is 61.8 Å². The Morgan fingerprint density at radius 2 is 2.05 bits per heavy atom. The maximum atomic E-state index is 12.6. The van der Waals surface area contributed by atoms with E-state index < -0.39 is 0 Å². The fourth-order valence-electron chi connectivity index (χ4n) is 2.18. The van der Waals surface area contributed by atoms with Crippen LogP contribution in [0.4, 0.5) is 0 Å². The number of nitrogens with zero attached hydrogens (tertiary/aromatic N) is 1. The van der Waals surface area contributed by atoms with Crippen LogP contribution in [0.2, 0.25) is 0 Å². The first kappa shape index (κ1) is 12.3. The minimum absolute atomic E-state index is 0.0414. The first-order valence-electron chi connectivity index (χ1n) is 5.95. The molecular formula is C14H12N2OS2. The molecule has 3 aromatic rings. The van der Waals surface area contributed by atoms with Crippen LogP contribution in [-0.2, 0) is 0 Å². The number of H-pyrrole nitrogens is 1. The van der Waals surface area contributed by atoms with Crippen molar-refractivity contribution in [1.82, 2.24) is 9.55 Å². The molecule has 1 aromatic carbocycles. The molecule has 2 aromatic heterocycles. The minimum atomic E-state index is -0.0548. The molecule has 0 spiro atoms. The first-order chi connectivity index (χ1) is 9.18. The van der Waals surface area contributed by atoms with Crippen LogP contribution < -0.4 is 5.56 Å². The Hall–Kier alpha value is -1.72. The van der Waals surface area contributed by atoms with Crippen molar-refractivity contribution < 1.29 is 0 Å². The van der Waals surface area contributed by atoms with E-state index >= 15 is 0 Å². The molecule has 0 aliphatic carbocycles. The van der Waals surface area contributed by atoms with Crippen molar-refractivity contribution in [2.45, 2.75) is 13.0 Å². The fourth-order valence-corrected chi connectivity index (χ4v) is 3.31. The molecule has 0 saturated heterocycles. The van der Waals surface area contributed by atoms with Crippen molar-refractivity contribution in [2.75, 3.05) is 0 Å². The van der Waals surface area contributed by atoms with Gasteiger partial charge in [-0.25, -0.2) is 0 Å². The second-order valence-corrected chi connectivity index (χ2v) is 5.71. The van der Waals surface area contributed by atoms with Gasteiger partial charge >= 0.3 is 0 Å². The van der Waals surface area contributed by atoms with E-state index in [1.54, 1.807) is 15.9 Å². The number of aromatic amines is 1. The third-order valence-electron chi connectivity index (χ3n) is 3.18. The lowest BCUT2D eigenvalue weighted by Gasteiger charge is -2.14. The molecule has 0 saturated carbocycles. The molecule has 3 nitrogen and oxygen atoms in total. The summed E-state index contributed by atoms with van der Waals surface area (Å²) in [5.74, 6) is 0. The van der Waals surface area contributed by atoms with Gasteiger partial charge in [-0.05, 0) is 42.7 Å². The Balaban J connectivity index is 2.30. The lowest BCUT2D eigenvalue weighted by Crippen LogP contribution is -2.25. The normalized spacial score (nSPS) is 12.7. The molecule has 0 amide bonds. The Morgan fingerprint density at radius 3 is 2.79 bits per heavy atom. The minimum Gasteiger partial charge on any atom is -0.332 e. The summed E-state index contributed by atoms with van der Waals surface area (Å²) >= 11 is 6.96. The van der Waals surface area contributed by atoms with Gasteiger partial charge in [0.1, 0.15) is 0 Å². The van der Waals surface area contributed by atoms with E-state index in [0.29, 0.717) is 10.2 Å². The molecule has 2 heterocycles. The number of aromatic nitrogens is 2. The number of benzene rings is 1. The van der Waals surface area contributed by atoms with Gasteiger partial charge in [0, 0.05) is 4.88 Å². The molecule has 0 aliphatic heterocycles. The molecule has 0 fully saturated rings. The predicted octanol–water partition coefficient (Wildman–Crippen LogP) is 3.73. The zero-order valence-corrected chi connectivity index (χ0v) is 11.9. The summed E-state index contributed by atoms with van der Waals surface area (Å²) in [6, 6.07) is 11.4. The number of rotatable bonds is 2. The first-order valence-corrected chi connectivity index (χ1v) is 7.24. The largest absolute Gasteiger partial charge is 0.332 e. The average molecular weight is 288 g/mol. The summed E-state index contributed by atoms with van der Waals surface area (Å²) < 4.78 is 2.10. The van der Waals surface area contributed by atoms with Crippen molar-refractivity contribution in [1.29, 1.82) is 0 Å². The number of hydrogen-bond acceptors (Lipinski definition) is 3. The molecule has 1 N–H and O–H groups in total. The summed E-state index contributed by atoms with van der Waals surface area (Å²) in [5.41, 5.74) is 0.743. The fraction of sp³-hybridized carbons (Fsp3) is 0.143. The summed E-state index contributed by atoms with van der Waals surface area (Å²) in [5, 5.41) is 2.67. The van der Waals surface area contributed by atoms with Crippen LogP contribution in [0.25, 0.3) is 10.9 Å². The Morgan fingerprint density at radius 1 is 1.26 bits per heavy atom. The summed E-state index contributed by atoms with van der Waals surface area (Å²) in [7, 11) is 0. The van der Waals surface area contributed by atoms with Gasteiger partial charge in [-0.3, -0.25) is 9.36 Å². The predicted molar refractivity (Wildman–Crippen MR) is 81.5 cm³/mol. The van der Waals surface area contributed by atoms with E-state index in [1.807, 2.05) is 48.7 Å². The molecule has 0 radical (unpaired) electrons. The van der Waals surface area contributed by atoms with Crippen molar-refractivity contribution in [3.8, 4) is 0 Å². The third-order valence-corrected chi connectivity index (χ3v) is 4.52. The Kier molecular flexibility index (Phi) is 3.08. The monoisotopic (exact) mass is 288 g/mol. The number of hydrogen-bond donors (Lipinski definition) is 1. The van der Waals surface area contributed by atoms with Crippen LogP contribution in [0.3, 0.4) is 0 Å². The lowest BCUT2D eigenvalue weighted by molar-refractivity contribution is 0.609. The topological polar surface area (TPSA) is 37.8 Å². The number of fused-ring (bicyclic) bond motifs is 1. The second-order valence-electron chi connectivity index (χ2n) is 4.34. The van der Waals surface area contributed by atoms with Gasteiger partial charge < -0.3 is 4.98 Å². The SMILES string of the molecule is CC(c1cccs1)n1c(=S)[nH]c2ccccc2c1=O. The molecule has 0 bridgehead atoms. The highest BCUT2D eigenvalue weighted by molar-refractivity contribution is 7.71. The Bertz CT molecular complexity index is 831. The number of nitrogens with one attached hydrogen (secondary N) is 1. The Labute approximate surface area is 119 Å². The standard InChI is InChI=1S/C14H12N2OS2/c1-9(12-7-4-8-19-12)16-13(17)10-5-2-3-6-11(10)15-14(16)18/h2-9H,1H3,(H,15,18). The molecule has 5 heteroatoms. The van der Waals surface area contributed by atoms with Gasteiger partial charge in [-0.2, -0.15) is 0 Å². The van der Waals surface area contributed by atoms with Crippen LogP contribution in [0.15, 0.2) is 46.6 Å². The van der Waals surface area contributed by atoms with Crippen molar-refractivity contribution >= 4 is 34.5 Å². The molecule has 1 atom stereocenters. The molecule has 0 aliphatic rings. The van der Waals surface area contributed by atoms with E-state index in [-0.39, 0.29) is 11.6 Å². The van der Waals surface area contributed by atoms with Gasteiger partial charge in [0.15, 0.2) is 4.77 Å². The van der Waals surface area contributed by atoms with E-state index in [9.17, 15) is 4.79 Å². The second kappa shape index (κ2) is 4.75. The van der Waals surface area contributed by atoms with E-state index in [1.165, 1.54) is 0 Å². The highest BCUT2D eigenvalue weighted by atomic mass is 32.1. The van der Waals surface area contributed by atoms with Crippen LogP contribution in [0, 0.1) is 4.77 Å². The summed E-state index contributed by atoms with van der Waals surface area (Å²) in [4.78, 5) is 16.8. The molecule has 1 unspecified atom stereocenters. The lowest BCUT2D eigenvalue weighted by atomic mass is 10.2. The molecule has 19 heavy (non-hydrogen) atoms. The highest BCUT2D eigenvalue weighted by Gasteiger charge is 2.14. The maximum absolute atomic E-state index is 12.6. The van der Waals surface area contributed by atoms with E-state index in [4.69, 9.17) is 12.2 Å². The molecule has 96 valence electrons. The van der Waals surface area contributed by atoms with Crippen LogP contribution >= 0.6 is 23.6 Å². The third kappa shape index (κ3) is 2.05. The van der Waals surface area contributed by atoms with Gasteiger partial charge in [0.25, 0.3) is 5.56 Å². The van der Waals surface area contributed by atoms with Crippen LogP contribution in [0.1, 0.15) is 17.8 Å². The van der Waals surface area contributed by atoms with Gasteiger partial charge in [0.2, 0.25) is 0 Å². The highest BCUT2D eigenvalue weighted by Crippen LogP contribution is 2.22. The summed E-state index contributed by atoms with van der Waals surface area (Å²) in [6.07, 6.45) is 0. The van der Waals surface area contributed by atoms with E-state index in [0.717, 1.165) is 10.4 Å². The van der Waals surface area contributed by atoms with Crippen LogP contribution in [0.5, 0.6) is 0 Å². The molecular weight excluding hydrogens is 276 g/mol. The van der Waals surface area contributed by atoms with Crippen molar-refractivity contribution in [3.63, 3.8) is 0 Å². The van der Waals surface area contributed by atoms with Crippen molar-refractivity contribution in [2.24, 2.45) is 0 Å². The smallest absolute Gasteiger partial charge is 0.262 e. The average Bonchev–Trinajstić information content (AvgIpc) is 2.92. The zero-order chi connectivity index (χ0) is 13.4. The van der Waals surface area contributed by atoms with Gasteiger partial charge in [-0.15, -0.1) is 11.3 Å². The van der Waals surface area contributed by atoms with Gasteiger partial charge in [-0.1, -0.05) is 18.2 Å². The molecule has 3 rings (SSSR count). The van der Waals surface area contributed by atoms with Gasteiger partial charge in [0.05, 0.1) is 16.9 Å². The summed E-state index contributed by atoms with van der Waals surface area (Å²) in [6.45, 7) is 1.99. The number of para-hydroxylation sites is 1. The number of thiophene rings is 1. The zero-order valence-electron chi connectivity index (χ0n) is 10.3. The van der Waals surface area contributed by atoms with Crippen LogP contribution in [-0.4, -0.2) is 9.55 Å². The van der Waals surface area contributed by atoms with E-state index in [2.05, 4.69) is 4.98 Å². The maximum Gasteiger partial charge on any atom is 0.262 e. The quantitative estimate of drug-likeness (QED) is 0.730.